The molecule has 2 aromatic rings. The van der Waals surface area contributed by atoms with Crippen molar-refractivity contribution in [1.82, 2.24) is 14.8 Å². The lowest BCUT2D eigenvalue weighted by Crippen LogP contribution is -2.18. The number of hydrogen-bond donors (Lipinski definition) is 1. The SMILES string of the molecule is CCCn1c(CCCOCc2ccccc2)n[nH]c1=O. The first kappa shape index (κ1) is 14.5. The number of aryl methyl sites for hydroxylation is 1. The molecule has 0 aliphatic carbocycles. The number of H-pyrrole nitrogens is 1. The van der Waals surface area contributed by atoms with E-state index >= 15 is 0 Å². The molecule has 0 bridgehead atoms. The van der Waals surface area contributed by atoms with Gasteiger partial charge in [-0.3, -0.25) is 4.57 Å². The Labute approximate surface area is 118 Å². The van der Waals surface area contributed by atoms with Crippen LogP contribution >= 0.6 is 0 Å². The van der Waals surface area contributed by atoms with Gasteiger partial charge in [-0.25, -0.2) is 9.89 Å². The number of nitrogens with zero attached hydrogens (tertiary/aromatic N) is 2. The standard InChI is InChI=1S/C15H21N3O2/c1-2-10-18-14(16-17-15(18)19)9-6-11-20-12-13-7-4-3-5-8-13/h3-5,7-8H,2,6,9-12H2,1H3,(H,17,19). The number of benzene rings is 1. The average molecular weight is 275 g/mol. The van der Waals surface area contributed by atoms with Gasteiger partial charge in [-0.2, -0.15) is 5.10 Å². The highest BCUT2D eigenvalue weighted by molar-refractivity contribution is 5.13. The molecule has 5 heteroatoms. The number of nitrogens with one attached hydrogen (secondary N) is 1. The second-order valence-electron chi connectivity index (χ2n) is 4.74. The summed E-state index contributed by atoms with van der Waals surface area (Å²) in [4.78, 5) is 11.5. The Hall–Kier alpha value is -1.88. The molecule has 1 aromatic carbocycles. The van der Waals surface area contributed by atoms with Gasteiger partial charge in [0, 0.05) is 19.6 Å². The van der Waals surface area contributed by atoms with Crippen molar-refractivity contribution in [2.24, 2.45) is 0 Å². The molecule has 0 radical (unpaired) electrons. The van der Waals surface area contributed by atoms with Crippen LogP contribution in [0.4, 0.5) is 0 Å². The van der Waals surface area contributed by atoms with Gasteiger partial charge in [0.25, 0.3) is 0 Å². The Bertz CT molecular complexity index is 560. The quantitative estimate of drug-likeness (QED) is 0.751. The molecule has 0 atom stereocenters. The Morgan fingerprint density at radius 3 is 2.85 bits per heavy atom. The maximum atomic E-state index is 11.5. The van der Waals surface area contributed by atoms with Crippen molar-refractivity contribution in [3.63, 3.8) is 0 Å². The third-order valence-corrected chi connectivity index (χ3v) is 3.09. The molecule has 20 heavy (non-hydrogen) atoms. The van der Waals surface area contributed by atoms with Crippen molar-refractivity contribution in [1.29, 1.82) is 0 Å². The summed E-state index contributed by atoms with van der Waals surface area (Å²) in [6.07, 6.45) is 2.55. The summed E-state index contributed by atoms with van der Waals surface area (Å²) >= 11 is 0. The van der Waals surface area contributed by atoms with Crippen LogP contribution in [-0.4, -0.2) is 21.4 Å². The molecule has 0 spiro atoms. The molecule has 5 nitrogen and oxygen atoms in total. The minimum Gasteiger partial charge on any atom is -0.377 e. The van der Waals surface area contributed by atoms with E-state index in [0.29, 0.717) is 13.2 Å². The highest BCUT2D eigenvalue weighted by Crippen LogP contribution is 2.03. The second-order valence-corrected chi connectivity index (χ2v) is 4.74. The zero-order valence-electron chi connectivity index (χ0n) is 11.8. The van der Waals surface area contributed by atoms with Crippen LogP contribution < -0.4 is 5.69 Å². The van der Waals surface area contributed by atoms with E-state index in [2.05, 4.69) is 10.2 Å². The van der Waals surface area contributed by atoms with E-state index in [0.717, 1.165) is 31.6 Å². The lowest BCUT2D eigenvalue weighted by Gasteiger charge is -2.05. The fourth-order valence-corrected chi connectivity index (χ4v) is 2.09. The fraction of sp³-hybridized carbons (Fsp3) is 0.467. The maximum Gasteiger partial charge on any atom is 0.343 e. The number of hydrogen-bond acceptors (Lipinski definition) is 3. The van der Waals surface area contributed by atoms with E-state index in [4.69, 9.17) is 4.74 Å². The molecule has 1 N–H and O–H groups in total. The third-order valence-electron chi connectivity index (χ3n) is 3.09. The number of ether oxygens (including phenoxy) is 1. The van der Waals surface area contributed by atoms with Gasteiger partial charge in [-0.1, -0.05) is 37.3 Å². The van der Waals surface area contributed by atoms with E-state index in [-0.39, 0.29) is 5.69 Å². The first-order valence-electron chi connectivity index (χ1n) is 7.07. The highest BCUT2D eigenvalue weighted by Gasteiger charge is 2.06. The van der Waals surface area contributed by atoms with Gasteiger partial charge < -0.3 is 4.74 Å². The molecule has 108 valence electrons. The summed E-state index contributed by atoms with van der Waals surface area (Å²) < 4.78 is 7.33. The van der Waals surface area contributed by atoms with Crippen molar-refractivity contribution in [2.75, 3.05) is 6.61 Å². The molecule has 0 unspecified atom stereocenters. The zero-order chi connectivity index (χ0) is 14.2. The van der Waals surface area contributed by atoms with Crippen molar-refractivity contribution in [2.45, 2.75) is 39.3 Å². The topological polar surface area (TPSA) is 59.9 Å². The van der Waals surface area contributed by atoms with Gasteiger partial charge in [0.15, 0.2) is 0 Å². The Morgan fingerprint density at radius 1 is 1.30 bits per heavy atom. The van der Waals surface area contributed by atoms with E-state index in [1.165, 1.54) is 5.56 Å². The van der Waals surface area contributed by atoms with E-state index in [1.807, 2.05) is 37.3 Å². The van der Waals surface area contributed by atoms with Gasteiger partial charge in [-0.15, -0.1) is 0 Å². The van der Waals surface area contributed by atoms with E-state index in [9.17, 15) is 4.79 Å². The van der Waals surface area contributed by atoms with Crippen molar-refractivity contribution in [3.8, 4) is 0 Å². The molecule has 0 amide bonds. The van der Waals surface area contributed by atoms with Crippen LogP contribution in [0.3, 0.4) is 0 Å². The van der Waals surface area contributed by atoms with Crippen LogP contribution in [0.15, 0.2) is 35.1 Å². The largest absolute Gasteiger partial charge is 0.377 e. The Morgan fingerprint density at radius 2 is 2.10 bits per heavy atom. The monoisotopic (exact) mass is 275 g/mol. The van der Waals surface area contributed by atoms with Crippen molar-refractivity contribution < 1.29 is 4.74 Å². The van der Waals surface area contributed by atoms with E-state index in [1.54, 1.807) is 4.57 Å². The summed E-state index contributed by atoms with van der Waals surface area (Å²) in [7, 11) is 0. The van der Waals surface area contributed by atoms with Crippen LogP contribution in [0.5, 0.6) is 0 Å². The molecule has 1 aromatic heterocycles. The summed E-state index contributed by atoms with van der Waals surface area (Å²) in [5, 5.41) is 6.57. The van der Waals surface area contributed by atoms with Crippen LogP contribution in [0.1, 0.15) is 31.2 Å². The number of aromatic amines is 1. The maximum absolute atomic E-state index is 11.5. The smallest absolute Gasteiger partial charge is 0.343 e. The minimum absolute atomic E-state index is 0.118. The molecule has 0 saturated heterocycles. The number of rotatable bonds is 8. The van der Waals surface area contributed by atoms with Gasteiger partial charge in [0.05, 0.1) is 6.61 Å². The molecule has 0 fully saturated rings. The second kappa shape index (κ2) is 7.65. The Kier molecular flexibility index (Phi) is 5.55. The molecular weight excluding hydrogens is 254 g/mol. The Balaban J connectivity index is 1.72. The highest BCUT2D eigenvalue weighted by atomic mass is 16.5. The zero-order valence-corrected chi connectivity index (χ0v) is 11.8. The van der Waals surface area contributed by atoms with Crippen molar-refractivity contribution in [3.05, 3.63) is 52.2 Å². The molecule has 2 rings (SSSR count). The molecular formula is C15H21N3O2. The number of aromatic nitrogens is 3. The van der Waals surface area contributed by atoms with Crippen molar-refractivity contribution >= 4 is 0 Å². The predicted octanol–water partition coefficient (Wildman–Crippen LogP) is 2.13. The van der Waals surface area contributed by atoms with Gasteiger partial charge in [0.1, 0.15) is 5.82 Å². The van der Waals surface area contributed by atoms with Crippen LogP contribution in [0.25, 0.3) is 0 Å². The first-order valence-corrected chi connectivity index (χ1v) is 7.07. The first-order chi connectivity index (χ1) is 9.81. The lowest BCUT2D eigenvalue weighted by atomic mass is 10.2. The minimum atomic E-state index is -0.118. The van der Waals surface area contributed by atoms with Crippen LogP contribution in [0, 0.1) is 0 Å². The molecule has 0 saturated carbocycles. The van der Waals surface area contributed by atoms with Crippen LogP contribution in [-0.2, 0) is 24.3 Å². The summed E-state index contributed by atoms with van der Waals surface area (Å²) in [6, 6.07) is 10.1. The van der Waals surface area contributed by atoms with Gasteiger partial charge in [-0.05, 0) is 18.4 Å². The molecule has 1 heterocycles. The van der Waals surface area contributed by atoms with E-state index < -0.39 is 0 Å². The summed E-state index contributed by atoms with van der Waals surface area (Å²) in [6.45, 7) is 4.06. The summed E-state index contributed by atoms with van der Waals surface area (Å²) in [5.41, 5.74) is 1.06. The third kappa shape index (κ3) is 4.06. The average Bonchev–Trinajstić information content (AvgIpc) is 2.81. The molecule has 0 aliphatic rings. The van der Waals surface area contributed by atoms with Gasteiger partial charge >= 0.3 is 5.69 Å². The summed E-state index contributed by atoms with van der Waals surface area (Å²) in [5.74, 6) is 0.820. The predicted molar refractivity (Wildman–Crippen MR) is 77.6 cm³/mol. The lowest BCUT2D eigenvalue weighted by molar-refractivity contribution is 0.118. The van der Waals surface area contributed by atoms with Gasteiger partial charge in [0.2, 0.25) is 0 Å². The molecule has 0 aliphatic heterocycles. The van der Waals surface area contributed by atoms with Crippen LogP contribution in [0.2, 0.25) is 0 Å². The normalized spacial score (nSPS) is 10.8. The fourth-order valence-electron chi connectivity index (χ4n) is 2.09.